The first-order valence-corrected chi connectivity index (χ1v) is 8.06. The molecule has 4 nitrogen and oxygen atoms in total. The Balaban J connectivity index is 0.00000176. The molecule has 3 rings (SSSR count). The Hall–Kier alpha value is -1.26. The van der Waals surface area contributed by atoms with Gasteiger partial charge in [-0.3, -0.25) is 4.79 Å². The molecule has 1 amide bonds. The Kier molecular flexibility index (Phi) is 6.09. The predicted octanol–water partition coefficient (Wildman–Crippen LogP) is 2.15. The molecule has 2 saturated heterocycles. The molecule has 0 aromatic heterocycles. The summed E-state index contributed by atoms with van der Waals surface area (Å²) in [5, 5.41) is 3.42. The number of halogens is 1. The van der Waals surface area contributed by atoms with Gasteiger partial charge in [0.05, 0.1) is 0 Å². The Morgan fingerprint density at radius 3 is 2.45 bits per heavy atom. The number of carbonyl (C=O) groups is 1. The number of hydrogen-bond donors (Lipinski definition) is 1. The van der Waals surface area contributed by atoms with E-state index < -0.39 is 0 Å². The largest absolute Gasteiger partial charge is 0.368 e. The standard InChI is InChI=1S/C17H25N3O.ClH/c1-14-13-15(7-8-18-14)17(21)20-11-9-19(10-12-20)16-5-3-2-4-6-16;/h2-6,14-15,18H,7-13H2,1H3;1H/t14-,15-;/m0./s1. The third-order valence-corrected chi connectivity index (χ3v) is 4.69. The van der Waals surface area contributed by atoms with Crippen molar-refractivity contribution in [3.05, 3.63) is 30.3 Å². The zero-order valence-corrected chi connectivity index (χ0v) is 14.0. The molecule has 1 N–H and O–H groups in total. The first-order chi connectivity index (χ1) is 10.2. The van der Waals surface area contributed by atoms with E-state index in [1.165, 1.54) is 5.69 Å². The number of rotatable bonds is 2. The van der Waals surface area contributed by atoms with Crippen molar-refractivity contribution in [3.63, 3.8) is 0 Å². The number of hydrogen-bond acceptors (Lipinski definition) is 3. The molecule has 0 spiro atoms. The number of amides is 1. The van der Waals surface area contributed by atoms with Gasteiger partial charge in [-0.05, 0) is 38.4 Å². The molecule has 2 aliphatic heterocycles. The van der Waals surface area contributed by atoms with E-state index >= 15 is 0 Å². The molecule has 0 saturated carbocycles. The number of piperazine rings is 1. The van der Waals surface area contributed by atoms with Crippen molar-refractivity contribution < 1.29 is 4.79 Å². The van der Waals surface area contributed by atoms with Gasteiger partial charge in [-0.2, -0.15) is 0 Å². The molecule has 1 aromatic rings. The normalized spacial score (nSPS) is 25.5. The third-order valence-electron chi connectivity index (χ3n) is 4.69. The fraction of sp³-hybridized carbons (Fsp3) is 0.588. The van der Waals surface area contributed by atoms with Crippen LogP contribution in [0.15, 0.2) is 30.3 Å². The molecule has 0 bridgehead atoms. The van der Waals surface area contributed by atoms with E-state index in [0.717, 1.165) is 45.6 Å². The van der Waals surface area contributed by atoms with Gasteiger partial charge in [-0.25, -0.2) is 0 Å². The Labute approximate surface area is 139 Å². The van der Waals surface area contributed by atoms with E-state index in [-0.39, 0.29) is 18.3 Å². The summed E-state index contributed by atoms with van der Waals surface area (Å²) in [7, 11) is 0. The van der Waals surface area contributed by atoms with Crippen LogP contribution in [0.5, 0.6) is 0 Å². The second kappa shape index (κ2) is 7.84. The van der Waals surface area contributed by atoms with E-state index in [1.54, 1.807) is 0 Å². The molecule has 22 heavy (non-hydrogen) atoms. The second-order valence-corrected chi connectivity index (χ2v) is 6.22. The molecular weight excluding hydrogens is 298 g/mol. The van der Waals surface area contributed by atoms with Crippen LogP contribution in [0.2, 0.25) is 0 Å². The second-order valence-electron chi connectivity index (χ2n) is 6.22. The highest BCUT2D eigenvalue weighted by Crippen LogP contribution is 2.21. The average molecular weight is 324 g/mol. The van der Waals surface area contributed by atoms with E-state index in [0.29, 0.717) is 11.9 Å². The van der Waals surface area contributed by atoms with Gasteiger partial charge in [-0.1, -0.05) is 18.2 Å². The van der Waals surface area contributed by atoms with Crippen LogP contribution in [-0.4, -0.2) is 49.6 Å². The number of benzene rings is 1. The molecule has 1 aromatic carbocycles. The number of para-hydroxylation sites is 1. The number of nitrogens with zero attached hydrogens (tertiary/aromatic N) is 2. The molecule has 0 unspecified atom stereocenters. The fourth-order valence-electron chi connectivity index (χ4n) is 3.44. The minimum absolute atomic E-state index is 0. The van der Waals surface area contributed by atoms with Gasteiger partial charge in [0, 0.05) is 43.8 Å². The summed E-state index contributed by atoms with van der Waals surface area (Å²) < 4.78 is 0. The van der Waals surface area contributed by atoms with Gasteiger partial charge in [0.25, 0.3) is 0 Å². The Morgan fingerprint density at radius 2 is 1.82 bits per heavy atom. The predicted molar refractivity (Wildman–Crippen MR) is 92.7 cm³/mol. The highest BCUT2D eigenvalue weighted by atomic mass is 35.5. The lowest BCUT2D eigenvalue weighted by atomic mass is 9.92. The van der Waals surface area contributed by atoms with Gasteiger partial charge in [0.15, 0.2) is 0 Å². The molecule has 122 valence electrons. The summed E-state index contributed by atoms with van der Waals surface area (Å²) >= 11 is 0. The lowest BCUT2D eigenvalue weighted by Crippen LogP contribution is -2.52. The molecule has 2 heterocycles. The molecular formula is C17H26ClN3O. The Morgan fingerprint density at radius 1 is 1.14 bits per heavy atom. The third kappa shape index (κ3) is 3.93. The smallest absolute Gasteiger partial charge is 0.225 e. The van der Waals surface area contributed by atoms with E-state index in [2.05, 4.69) is 46.3 Å². The zero-order valence-electron chi connectivity index (χ0n) is 13.2. The SMILES string of the molecule is C[C@H]1C[C@@H](C(=O)N2CCN(c3ccccc3)CC2)CCN1.Cl. The average Bonchev–Trinajstić information content (AvgIpc) is 2.55. The lowest BCUT2D eigenvalue weighted by molar-refractivity contribution is -0.137. The fourth-order valence-corrected chi connectivity index (χ4v) is 3.44. The summed E-state index contributed by atoms with van der Waals surface area (Å²) in [6.45, 7) is 6.74. The molecule has 0 radical (unpaired) electrons. The molecule has 2 atom stereocenters. The Bertz CT molecular complexity index is 474. The number of piperidine rings is 1. The van der Waals surface area contributed by atoms with Crippen LogP contribution in [0, 0.1) is 5.92 Å². The first kappa shape index (κ1) is 17.1. The maximum Gasteiger partial charge on any atom is 0.225 e. The van der Waals surface area contributed by atoms with Crippen molar-refractivity contribution >= 4 is 24.0 Å². The molecule has 5 heteroatoms. The van der Waals surface area contributed by atoms with Gasteiger partial charge in [-0.15, -0.1) is 12.4 Å². The van der Waals surface area contributed by atoms with Gasteiger partial charge in [0.2, 0.25) is 5.91 Å². The van der Waals surface area contributed by atoms with Crippen LogP contribution in [0.1, 0.15) is 19.8 Å². The van der Waals surface area contributed by atoms with Crippen LogP contribution in [0.25, 0.3) is 0 Å². The van der Waals surface area contributed by atoms with Gasteiger partial charge >= 0.3 is 0 Å². The van der Waals surface area contributed by atoms with Crippen LogP contribution >= 0.6 is 12.4 Å². The van der Waals surface area contributed by atoms with Gasteiger partial charge < -0.3 is 15.1 Å². The molecule has 2 aliphatic rings. The molecule has 0 aliphatic carbocycles. The minimum Gasteiger partial charge on any atom is -0.368 e. The van der Waals surface area contributed by atoms with E-state index in [4.69, 9.17) is 0 Å². The topological polar surface area (TPSA) is 35.6 Å². The number of anilines is 1. The quantitative estimate of drug-likeness (QED) is 0.906. The summed E-state index contributed by atoms with van der Waals surface area (Å²) in [5.74, 6) is 0.598. The monoisotopic (exact) mass is 323 g/mol. The van der Waals surface area contributed by atoms with E-state index in [1.807, 2.05) is 6.07 Å². The summed E-state index contributed by atoms with van der Waals surface area (Å²) in [6, 6.07) is 10.9. The van der Waals surface area contributed by atoms with Crippen LogP contribution in [0.4, 0.5) is 5.69 Å². The maximum absolute atomic E-state index is 12.6. The van der Waals surface area contributed by atoms with Crippen molar-refractivity contribution in [2.75, 3.05) is 37.6 Å². The van der Waals surface area contributed by atoms with Crippen molar-refractivity contribution in [1.29, 1.82) is 0 Å². The highest BCUT2D eigenvalue weighted by molar-refractivity contribution is 5.85. The summed E-state index contributed by atoms with van der Waals surface area (Å²) in [6.07, 6.45) is 1.97. The zero-order chi connectivity index (χ0) is 14.7. The highest BCUT2D eigenvalue weighted by Gasteiger charge is 2.30. The molecule has 2 fully saturated rings. The van der Waals surface area contributed by atoms with Crippen LogP contribution in [0.3, 0.4) is 0 Å². The van der Waals surface area contributed by atoms with Crippen molar-refractivity contribution in [2.45, 2.75) is 25.8 Å². The van der Waals surface area contributed by atoms with Crippen molar-refractivity contribution in [2.24, 2.45) is 5.92 Å². The number of carbonyl (C=O) groups excluding carboxylic acids is 1. The summed E-state index contributed by atoms with van der Waals surface area (Å²) in [5.41, 5.74) is 1.26. The van der Waals surface area contributed by atoms with E-state index in [9.17, 15) is 4.79 Å². The van der Waals surface area contributed by atoms with Gasteiger partial charge in [0.1, 0.15) is 0 Å². The lowest BCUT2D eigenvalue weighted by Gasteiger charge is -2.39. The summed E-state index contributed by atoms with van der Waals surface area (Å²) in [4.78, 5) is 17.1. The first-order valence-electron chi connectivity index (χ1n) is 8.06. The number of nitrogens with one attached hydrogen (secondary N) is 1. The maximum atomic E-state index is 12.6. The van der Waals surface area contributed by atoms with Crippen molar-refractivity contribution in [1.82, 2.24) is 10.2 Å². The minimum atomic E-state index is 0. The van der Waals surface area contributed by atoms with Crippen LogP contribution < -0.4 is 10.2 Å². The van der Waals surface area contributed by atoms with Crippen molar-refractivity contribution in [3.8, 4) is 0 Å². The van der Waals surface area contributed by atoms with Crippen LogP contribution in [-0.2, 0) is 4.79 Å².